The number of sulfonamides is 1. The Bertz CT molecular complexity index is 873. The molecule has 1 heterocycles. The predicted molar refractivity (Wildman–Crippen MR) is 113 cm³/mol. The molecule has 1 aromatic carbocycles. The van der Waals surface area contributed by atoms with Crippen LogP contribution >= 0.6 is 39.7 Å². The predicted octanol–water partition coefficient (Wildman–Crippen LogP) is 2.27. The molecule has 0 unspecified atom stereocenters. The highest BCUT2D eigenvalue weighted by Crippen LogP contribution is 2.31. The molecule has 0 spiro atoms. The molecule has 11 heteroatoms. The number of likely N-dealkylation sites (N-methyl/N-ethyl adjacent to an activating group) is 2. The van der Waals surface area contributed by atoms with Gasteiger partial charge in [-0.15, -0.1) is 12.4 Å². The van der Waals surface area contributed by atoms with Gasteiger partial charge in [-0.1, -0.05) is 27.3 Å². The maximum atomic E-state index is 12.7. The molecule has 0 fully saturated rings. The largest absolute Gasteiger partial charge is 0.308 e. The molecule has 0 atom stereocenters. The van der Waals surface area contributed by atoms with Crippen LogP contribution in [0.1, 0.15) is 0 Å². The van der Waals surface area contributed by atoms with Crippen molar-refractivity contribution < 1.29 is 13.2 Å². The number of fused-ring (bicyclic) bond motifs is 1. The molecular weight excluding hydrogens is 464 g/mol. The van der Waals surface area contributed by atoms with Crippen LogP contribution in [-0.4, -0.2) is 75.5 Å². The summed E-state index contributed by atoms with van der Waals surface area (Å²) < 4.78 is 26.1. The fraction of sp³-hybridized carbons (Fsp3) is 0.467. The molecule has 146 valence electrons. The van der Waals surface area contributed by atoms with Gasteiger partial charge >= 0.3 is 0 Å². The van der Waals surface area contributed by atoms with Gasteiger partial charge in [0, 0.05) is 24.6 Å². The quantitative estimate of drug-likeness (QED) is 0.601. The van der Waals surface area contributed by atoms with E-state index < -0.39 is 10.0 Å². The molecule has 0 aliphatic rings. The molecule has 0 aliphatic heterocycles. The number of carbonyl (C=O) groups is 1. The number of carbonyl (C=O) groups excluding carboxylic acids is 1. The first-order valence-electron chi connectivity index (χ1n) is 7.50. The maximum Gasteiger partial charge on any atom is 0.244 e. The Hall–Kier alpha value is -0.780. The average molecular weight is 486 g/mol. The lowest BCUT2D eigenvalue weighted by atomic mass is 10.3. The zero-order chi connectivity index (χ0) is 18.8. The first-order valence-corrected chi connectivity index (χ1v) is 11.0. The smallest absolute Gasteiger partial charge is 0.244 e. The highest BCUT2D eigenvalue weighted by molar-refractivity contribution is 9.10. The number of halogens is 2. The van der Waals surface area contributed by atoms with E-state index in [4.69, 9.17) is 0 Å². The minimum Gasteiger partial charge on any atom is -0.308 e. The molecule has 0 saturated carbocycles. The maximum absolute atomic E-state index is 12.7. The zero-order valence-corrected chi connectivity index (χ0v) is 19.0. The summed E-state index contributed by atoms with van der Waals surface area (Å²) in [7, 11) is 1.81. The van der Waals surface area contributed by atoms with Crippen molar-refractivity contribution in [2.45, 2.75) is 0 Å². The van der Waals surface area contributed by atoms with Crippen LogP contribution in [0, 0.1) is 0 Å². The standard InChI is InChI=1S/C15H21BrN4O3S2.ClH/c1-18(2)7-8-20(14(21)10-19(3)25(4,22)23)15-17-12-6-5-11(16)9-13(12)24-15;/h5-6,9H,7-8,10H2,1-4H3;1H. The molecule has 0 saturated heterocycles. The average Bonchev–Trinajstić information content (AvgIpc) is 2.88. The third-order valence-electron chi connectivity index (χ3n) is 3.57. The van der Waals surface area contributed by atoms with E-state index in [9.17, 15) is 13.2 Å². The first kappa shape index (κ1) is 23.3. The second kappa shape index (κ2) is 9.43. The summed E-state index contributed by atoms with van der Waals surface area (Å²) in [5.41, 5.74) is 0.808. The number of amides is 1. The number of thiazole rings is 1. The van der Waals surface area contributed by atoms with Crippen LogP contribution in [0.4, 0.5) is 5.13 Å². The monoisotopic (exact) mass is 484 g/mol. The summed E-state index contributed by atoms with van der Waals surface area (Å²) in [4.78, 5) is 20.8. The molecule has 7 nitrogen and oxygen atoms in total. The Kier molecular flexibility index (Phi) is 8.43. The number of nitrogens with zero attached hydrogens (tertiary/aromatic N) is 4. The number of hydrogen-bond donors (Lipinski definition) is 0. The molecular formula is C15H22BrClN4O3S2. The van der Waals surface area contributed by atoms with Gasteiger partial charge in [0.15, 0.2) is 5.13 Å². The van der Waals surface area contributed by atoms with Crippen LogP contribution in [0.2, 0.25) is 0 Å². The van der Waals surface area contributed by atoms with E-state index in [1.807, 2.05) is 37.2 Å². The summed E-state index contributed by atoms with van der Waals surface area (Å²) in [6.45, 7) is 0.865. The van der Waals surface area contributed by atoms with Crippen molar-refractivity contribution >= 4 is 71.0 Å². The lowest BCUT2D eigenvalue weighted by Crippen LogP contribution is -2.43. The van der Waals surface area contributed by atoms with Crippen LogP contribution in [0.25, 0.3) is 10.2 Å². The van der Waals surface area contributed by atoms with Crippen molar-refractivity contribution in [3.8, 4) is 0 Å². The molecule has 2 aromatic rings. The van der Waals surface area contributed by atoms with E-state index in [-0.39, 0.29) is 24.9 Å². The molecule has 26 heavy (non-hydrogen) atoms. The lowest BCUT2D eigenvalue weighted by Gasteiger charge is -2.24. The van der Waals surface area contributed by atoms with Crippen LogP contribution in [0.15, 0.2) is 22.7 Å². The molecule has 1 amide bonds. The molecule has 0 bridgehead atoms. The minimum absolute atomic E-state index is 0. The molecule has 0 radical (unpaired) electrons. The van der Waals surface area contributed by atoms with Crippen molar-refractivity contribution in [3.63, 3.8) is 0 Å². The fourth-order valence-corrected chi connectivity index (χ4v) is 3.93. The van der Waals surface area contributed by atoms with Crippen LogP contribution in [0.5, 0.6) is 0 Å². The highest BCUT2D eigenvalue weighted by Gasteiger charge is 2.24. The van der Waals surface area contributed by atoms with Gasteiger partial charge in [0.1, 0.15) is 0 Å². The highest BCUT2D eigenvalue weighted by atomic mass is 79.9. The van der Waals surface area contributed by atoms with E-state index in [2.05, 4.69) is 20.9 Å². The van der Waals surface area contributed by atoms with Gasteiger partial charge in [-0.3, -0.25) is 9.69 Å². The van der Waals surface area contributed by atoms with Crippen molar-refractivity contribution in [3.05, 3.63) is 22.7 Å². The van der Waals surface area contributed by atoms with Gasteiger partial charge in [-0.2, -0.15) is 4.31 Å². The number of aromatic nitrogens is 1. The zero-order valence-electron chi connectivity index (χ0n) is 15.0. The first-order chi connectivity index (χ1) is 11.6. The third-order valence-corrected chi connectivity index (χ3v) is 6.36. The summed E-state index contributed by atoms with van der Waals surface area (Å²) in [6.07, 6.45) is 1.08. The van der Waals surface area contributed by atoms with Gasteiger partial charge in [-0.05, 0) is 32.3 Å². The van der Waals surface area contributed by atoms with Gasteiger partial charge < -0.3 is 4.90 Å². The lowest BCUT2D eigenvalue weighted by molar-refractivity contribution is -0.118. The number of rotatable bonds is 7. The Morgan fingerprint density at radius 3 is 2.46 bits per heavy atom. The van der Waals surface area contributed by atoms with E-state index in [0.29, 0.717) is 18.2 Å². The van der Waals surface area contributed by atoms with E-state index in [1.54, 1.807) is 4.90 Å². The van der Waals surface area contributed by atoms with Crippen molar-refractivity contribution in [2.24, 2.45) is 0 Å². The summed E-state index contributed by atoms with van der Waals surface area (Å²) in [5, 5.41) is 0.571. The summed E-state index contributed by atoms with van der Waals surface area (Å²) in [5.74, 6) is -0.298. The van der Waals surface area contributed by atoms with Crippen LogP contribution < -0.4 is 4.90 Å². The van der Waals surface area contributed by atoms with E-state index in [1.165, 1.54) is 18.4 Å². The van der Waals surface area contributed by atoms with Crippen LogP contribution in [-0.2, 0) is 14.8 Å². The summed E-state index contributed by atoms with van der Waals surface area (Å²) >= 11 is 4.84. The fourth-order valence-electron chi connectivity index (χ4n) is 2.02. The van der Waals surface area contributed by atoms with Gasteiger partial charge in [0.25, 0.3) is 0 Å². The van der Waals surface area contributed by atoms with Gasteiger partial charge in [0.2, 0.25) is 15.9 Å². The number of anilines is 1. The molecule has 0 aliphatic carbocycles. The second-order valence-corrected chi connectivity index (χ2v) is 9.99. The van der Waals surface area contributed by atoms with Crippen molar-refractivity contribution in [1.29, 1.82) is 0 Å². The Morgan fingerprint density at radius 1 is 1.23 bits per heavy atom. The SMILES string of the molecule is CN(C)CCN(C(=O)CN(C)S(C)(=O)=O)c1nc2ccc(Br)cc2s1.Cl. The summed E-state index contributed by atoms with van der Waals surface area (Å²) in [6, 6.07) is 5.74. The van der Waals surface area contributed by atoms with Crippen LogP contribution in [0.3, 0.4) is 0 Å². The molecule has 0 N–H and O–H groups in total. The van der Waals surface area contributed by atoms with E-state index in [0.717, 1.165) is 25.3 Å². The Balaban J connectivity index is 0.00000338. The van der Waals surface area contributed by atoms with Gasteiger partial charge in [-0.25, -0.2) is 13.4 Å². The topological polar surface area (TPSA) is 73.8 Å². The normalized spacial score (nSPS) is 11.8. The number of hydrogen-bond acceptors (Lipinski definition) is 6. The Morgan fingerprint density at radius 2 is 1.88 bits per heavy atom. The van der Waals surface area contributed by atoms with Crippen molar-refractivity contribution in [1.82, 2.24) is 14.2 Å². The molecule has 2 rings (SSSR count). The van der Waals surface area contributed by atoms with E-state index >= 15 is 0 Å². The molecule has 1 aromatic heterocycles. The third kappa shape index (κ3) is 6.14. The minimum atomic E-state index is -3.42. The number of benzene rings is 1. The Labute approximate surface area is 172 Å². The van der Waals surface area contributed by atoms with Gasteiger partial charge in [0.05, 0.1) is 23.0 Å². The van der Waals surface area contributed by atoms with Crippen molar-refractivity contribution in [2.75, 3.05) is 51.9 Å². The second-order valence-electron chi connectivity index (χ2n) is 5.98.